The number of nitrogens with zero attached hydrogens (tertiary/aromatic N) is 1. The molecule has 0 fully saturated rings. The van der Waals surface area contributed by atoms with Crippen LogP contribution in [0.2, 0.25) is 0 Å². The summed E-state index contributed by atoms with van der Waals surface area (Å²) in [5, 5.41) is 9.22. The second kappa shape index (κ2) is 5.72. The van der Waals surface area contributed by atoms with Gasteiger partial charge in [-0.05, 0) is 36.8 Å². The Balaban J connectivity index is 1.86. The van der Waals surface area contributed by atoms with Crippen LogP contribution in [-0.2, 0) is 11.3 Å². The quantitative estimate of drug-likeness (QED) is 0.865. The van der Waals surface area contributed by atoms with Gasteiger partial charge in [0.05, 0.1) is 6.42 Å². The molecule has 0 bridgehead atoms. The Kier molecular flexibility index (Phi) is 3.78. The zero-order valence-electron chi connectivity index (χ0n) is 11.9. The van der Waals surface area contributed by atoms with Crippen LogP contribution in [0.15, 0.2) is 36.4 Å². The van der Waals surface area contributed by atoms with E-state index in [0.717, 1.165) is 30.4 Å². The number of allylic oxidation sites excluding steroid dienone is 2. The third kappa shape index (κ3) is 2.71. The van der Waals surface area contributed by atoms with Gasteiger partial charge in [0.1, 0.15) is 0 Å². The van der Waals surface area contributed by atoms with Crippen molar-refractivity contribution >= 4 is 11.9 Å². The molecule has 1 N–H and O–H groups in total. The molecule has 0 saturated carbocycles. The van der Waals surface area contributed by atoms with Crippen LogP contribution in [0.5, 0.6) is 0 Å². The molecular formula is C17H19NO3. The molecule has 1 aliphatic heterocycles. The van der Waals surface area contributed by atoms with Crippen molar-refractivity contribution in [2.75, 3.05) is 0 Å². The van der Waals surface area contributed by atoms with Gasteiger partial charge in [-0.15, -0.1) is 0 Å². The predicted octanol–water partition coefficient (Wildman–Crippen LogP) is 2.84. The molecule has 4 heteroatoms. The minimum Gasteiger partial charge on any atom is -0.481 e. The first-order valence-electron chi connectivity index (χ1n) is 7.42. The maximum Gasteiger partial charge on any atom is 0.305 e. The lowest BCUT2D eigenvalue weighted by Gasteiger charge is -2.34. The van der Waals surface area contributed by atoms with Gasteiger partial charge in [-0.25, -0.2) is 0 Å². The lowest BCUT2D eigenvalue weighted by atomic mass is 9.85. The molecule has 0 unspecified atom stereocenters. The second-order valence-electron chi connectivity index (χ2n) is 5.80. The molecule has 1 heterocycles. The molecule has 0 spiro atoms. The number of rotatable bonds is 4. The smallest absolute Gasteiger partial charge is 0.305 e. The molecule has 1 aromatic rings. The van der Waals surface area contributed by atoms with Gasteiger partial charge in [-0.1, -0.05) is 30.4 Å². The number of hydrogen-bond acceptors (Lipinski definition) is 2. The Bertz CT molecular complexity index is 593. The summed E-state index contributed by atoms with van der Waals surface area (Å²) in [6.07, 6.45) is 7.05. The summed E-state index contributed by atoms with van der Waals surface area (Å²) in [5.41, 5.74) is 1.73. The molecule has 0 saturated heterocycles. The van der Waals surface area contributed by atoms with E-state index < -0.39 is 5.97 Å². The van der Waals surface area contributed by atoms with Gasteiger partial charge < -0.3 is 10.0 Å². The number of amides is 1. The normalized spacial score (nSPS) is 22.2. The third-order valence-corrected chi connectivity index (χ3v) is 4.49. The number of hydrogen-bond donors (Lipinski definition) is 1. The molecule has 0 radical (unpaired) electrons. The zero-order valence-corrected chi connectivity index (χ0v) is 11.9. The Morgan fingerprint density at radius 1 is 1.33 bits per heavy atom. The summed E-state index contributed by atoms with van der Waals surface area (Å²) in [5.74, 6) is -0.617. The van der Waals surface area contributed by atoms with E-state index in [4.69, 9.17) is 0 Å². The number of aliphatic carboxylic acids is 1. The molecule has 1 aliphatic carbocycles. The van der Waals surface area contributed by atoms with E-state index in [-0.39, 0.29) is 24.3 Å². The number of fused-ring (bicyclic) bond motifs is 1. The highest BCUT2D eigenvalue weighted by molar-refractivity contribution is 5.98. The van der Waals surface area contributed by atoms with E-state index in [2.05, 4.69) is 12.2 Å². The van der Waals surface area contributed by atoms with E-state index >= 15 is 0 Å². The van der Waals surface area contributed by atoms with Crippen molar-refractivity contribution in [3.8, 4) is 0 Å². The largest absolute Gasteiger partial charge is 0.481 e. The SMILES string of the molecule is O=C(O)C[C@H]([C@@H]1CC=CCC1)N1Cc2ccccc2C1=O. The highest BCUT2D eigenvalue weighted by Gasteiger charge is 2.37. The topological polar surface area (TPSA) is 57.6 Å². The number of benzene rings is 1. The monoisotopic (exact) mass is 285 g/mol. The number of carboxylic acids is 1. The van der Waals surface area contributed by atoms with Crippen molar-refractivity contribution in [2.24, 2.45) is 5.92 Å². The standard InChI is InChI=1S/C17H19NO3/c19-16(20)10-15(12-6-2-1-3-7-12)18-11-13-8-4-5-9-14(13)17(18)21/h1-2,4-5,8-9,12,15H,3,6-7,10-11H2,(H,19,20)/t12-,15-/m1/s1. The average molecular weight is 285 g/mol. The van der Waals surface area contributed by atoms with Gasteiger partial charge in [0.25, 0.3) is 5.91 Å². The molecule has 2 atom stereocenters. The molecule has 1 aromatic carbocycles. The van der Waals surface area contributed by atoms with E-state index in [1.54, 1.807) is 4.90 Å². The number of carbonyl (C=O) groups excluding carboxylic acids is 1. The van der Waals surface area contributed by atoms with Gasteiger partial charge in [0.15, 0.2) is 0 Å². The molecule has 3 rings (SSSR count). The lowest BCUT2D eigenvalue weighted by Crippen LogP contribution is -2.42. The minimum absolute atomic E-state index is 0.0218. The summed E-state index contributed by atoms with van der Waals surface area (Å²) in [6.45, 7) is 0.535. The molecule has 2 aliphatic rings. The first kappa shape index (κ1) is 13.9. The van der Waals surface area contributed by atoms with Crippen LogP contribution in [0.4, 0.5) is 0 Å². The first-order valence-corrected chi connectivity index (χ1v) is 7.42. The maximum atomic E-state index is 12.6. The van der Waals surface area contributed by atoms with Crippen molar-refractivity contribution in [3.05, 3.63) is 47.5 Å². The summed E-state index contributed by atoms with van der Waals surface area (Å²) in [6, 6.07) is 7.34. The minimum atomic E-state index is -0.835. The van der Waals surface area contributed by atoms with Crippen molar-refractivity contribution < 1.29 is 14.7 Å². The molecule has 4 nitrogen and oxygen atoms in total. The van der Waals surface area contributed by atoms with Crippen LogP contribution in [0.1, 0.15) is 41.6 Å². The van der Waals surface area contributed by atoms with E-state index in [0.29, 0.717) is 6.54 Å². The van der Waals surface area contributed by atoms with Crippen LogP contribution < -0.4 is 0 Å². The first-order chi connectivity index (χ1) is 10.2. The number of carboxylic acid groups (broad SMARTS) is 1. The lowest BCUT2D eigenvalue weighted by molar-refractivity contribution is -0.138. The Morgan fingerprint density at radius 3 is 2.81 bits per heavy atom. The van der Waals surface area contributed by atoms with E-state index in [1.165, 1.54) is 0 Å². The molecule has 110 valence electrons. The van der Waals surface area contributed by atoms with Gasteiger partial charge in [-0.3, -0.25) is 9.59 Å². The van der Waals surface area contributed by atoms with Crippen LogP contribution in [0.3, 0.4) is 0 Å². The summed E-state index contributed by atoms with van der Waals surface area (Å²) in [4.78, 5) is 25.6. The highest BCUT2D eigenvalue weighted by atomic mass is 16.4. The number of carbonyl (C=O) groups is 2. The molecule has 21 heavy (non-hydrogen) atoms. The Labute approximate surface area is 124 Å². The van der Waals surface area contributed by atoms with Crippen LogP contribution in [0.25, 0.3) is 0 Å². The van der Waals surface area contributed by atoms with Crippen molar-refractivity contribution in [2.45, 2.75) is 38.3 Å². The van der Waals surface area contributed by atoms with Crippen molar-refractivity contribution in [3.63, 3.8) is 0 Å². The second-order valence-corrected chi connectivity index (χ2v) is 5.80. The fourth-order valence-corrected chi connectivity index (χ4v) is 3.42. The fraction of sp³-hybridized carbons (Fsp3) is 0.412. The zero-order chi connectivity index (χ0) is 14.8. The molecule has 0 aromatic heterocycles. The maximum absolute atomic E-state index is 12.6. The van der Waals surface area contributed by atoms with E-state index in [1.807, 2.05) is 24.3 Å². The summed E-state index contributed by atoms with van der Waals surface area (Å²) >= 11 is 0. The van der Waals surface area contributed by atoms with E-state index in [9.17, 15) is 14.7 Å². The van der Waals surface area contributed by atoms with Gasteiger partial charge in [-0.2, -0.15) is 0 Å². The van der Waals surface area contributed by atoms with Gasteiger partial charge in [0.2, 0.25) is 0 Å². The van der Waals surface area contributed by atoms with Crippen LogP contribution in [-0.4, -0.2) is 27.9 Å². The van der Waals surface area contributed by atoms with Crippen molar-refractivity contribution in [1.29, 1.82) is 0 Å². The highest BCUT2D eigenvalue weighted by Crippen LogP contribution is 2.33. The Morgan fingerprint density at radius 2 is 2.14 bits per heavy atom. The predicted molar refractivity (Wildman–Crippen MR) is 78.8 cm³/mol. The molecule has 1 amide bonds. The van der Waals surface area contributed by atoms with Crippen molar-refractivity contribution in [1.82, 2.24) is 4.90 Å². The molecular weight excluding hydrogens is 266 g/mol. The summed E-state index contributed by atoms with van der Waals surface area (Å²) < 4.78 is 0. The van der Waals surface area contributed by atoms with Crippen LogP contribution >= 0.6 is 0 Å². The third-order valence-electron chi connectivity index (χ3n) is 4.49. The van der Waals surface area contributed by atoms with Crippen LogP contribution in [0, 0.1) is 5.92 Å². The summed E-state index contributed by atoms with van der Waals surface area (Å²) in [7, 11) is 0. The van der Waals surface area contributed by atoms with Gasteiger partial charge in [0, 0.05) is 18.2 Å². The average Bonchev–Trinajstić information content (AvgIpc) is 2.83. The Hall–Kier alpha value is -2.10. The fourth-order valence-electron chi connectivity index (χ4n) is 3.42. The van der Waals surface area contributed by atoms with Gasteiger partial charge >= 0.3 is 5.97 Å².